The van der Waals surface area contributed by atoms with Crippen molar-refractivity contribution in [2.75, 3.05) is 31.5 Å². The summed E-state index contributed by atoms with van der Waals surface area (Å²) in [6.07, 6.45) is 1.65. The van der Waals surface area contributed by atoms with Crippen molar-refractivity contribution in [1.29, 1.82) is 0 Å². The molecule has 31 heavy (non-hydrogen) atoms. The predicted octanol–water partition coefficient (Wildman–Crippen LogP) is 1.93. The number of halogens is 2. The van der Waals surface area contributed by atoms with Gasteiger partial charge in [-0.15, -0.1) is 0 Å². The highest BCUT2D eigenvalue weighted by Gasteiger charge is 2.43. The third-order valence-electron chi connectivity index (χ3n) is 6.60. The van der Waals surface area contributed by atoms with Crippen molar-refractivity contribution in [3.05, 3.63) is 18.0 Å². The van der Waals surface area contributed by atoms with Gasteiger partial charge in [0, 0.05) is 36.9 Å². The number of piperidine rings is 2. The summed E-state index contributed by atoms with van der Waals surface area (Å²) in [5, 5.41) is 6.60. The van der Waals surface area contributed by atoms with Gasteiger partial charge in [-0.2, -0.15) is 9.29 Å². The van der Waals surface area contributed by atoms with E-state index in [2.05, 4.69) is 20.6 Å². The van der Waals surface area contributed by atoms with Gasteiger partial charge in [0.05, 0.1) is 17.3 Å². The van der Waals surface area contributed by atoms with Crippen LogP contribution < -0.4 is 10.6 Å². The quantitative estimate of drug-likeness (QED) is 0.717. The third kappa shape index (κ3) is 3.91. The molecule has 2 aliphatic heterocycles. The first kappa shape index (κ1) is 21.0. The fourth-order valence-corrected chi connectivity index (χ4v) is 6.60. The highest BCUT2D eigenvalue weighted by atomic mass is 32.2. The molecular weight excluding hydrogens is 426 g/mol. The monoisotopic (exact) mass is 454 g/mol. The van der Waals surface area contributed by atoms with Crippen LogP contribution in [0.15, 0.2) is 12.3 Å². The molecule has 5 rings (SSSR count). The molecule has 1 saturated carbocycles. The summed E-state index contributed by atoms with van der Waals surface area (Å²) in [5.41, 5.74) is 1.55. The molecule has 4 atom stereocenters. The lowest BCUT2D eigenvalue weighted by atomic mass is 10.0. The van der Waals surface area contributed by atoms with Gasteiger partial charge in [-0.3, -0.25) is 0 Å². The fraction of sp³-hybridized carbons (Fsp3) is 0.700. The van der Waals surface area contributed by atoms with E-state index < -0.39 is 28.4 Å². The van der Waals surface area contributed by atoms with Gasteiger partial charge < -0.3 is 15.2 Å². The van der Waals surface area contributed by atoms with Crippen molar-refractivity contribution in [1.82, 2.24) is 24.2 Å². The first-order valence-electron chi connectivity index (χ1n) is 10.9. The van der Waals surface area contributed by atoms with E-state index in [-0.39, 0.29) is 30.3 Å². The topological polar surface area (TPSA) is 92.2 Å². The van der Waals surface area contributed by atoms with Crippen LogP contribution in [0.2, 0.25) is 0 Å². The Balaban J connectivity index is 1.34. The van der Waals surface area contributed by atoms with E-state index in [1.54, 1.807) is 6.20 Å². The first-order chi connectivity index (χ1) is 14.8. The van der Waals surface area contributed by atoms with Crippen LogP contribution in [-0.4, -0.2) is 77.1 Å². The Morgan fingerprint density at radius 1 is 1.19 bits per heavy atom. The maximum absolute atomic E-state index is 14.9. The molecule has 3 aliphatic rings. The summed E-state index contributed by atoms with van der Waals surface area (Å²) in [7, 11) is -3.38. The third-order valence-corrected chi connectivity index (χ3v) is 8.96. The van der Waals surface area contributed by atoms with Crippen LogP contribution in [-0.2, 0) is 10.0 Å². The molecule has 8 nitrogen and oxygen atoms in total. The number of aromatic nitrogens is 3. The van der Waals surface area contributed by atoms with E-state index in [0.29, 0.717) is 37.9 Å². The molecule has 0 unspecified atom stereocenters. The predicted molar refractivity (Wildman–Crippen MR) is 114 cm³/mol. The summed E-state index contributed by atoms with van der Waals surface area (Å²) < 4.78 is 57.4. The molecule has 0 amide bonds. The summed E-state index contributed by atoms with van der Waals surface area (Å²) >= 11 is 0. The Bertz CT molecular complexity index is 1070. The van der Waals surface area contributed by atoms with E-state index in [1.165, 1.54) is 4.31 Å². The lowest BCUT2D eigenvalue weighted by Gasteiger charge is -2.34. The van der Waals surface area contributed by atoms with Gasteiger partial charge in [-0.25, -0.2) is 22.2 Å². The number of nitrogens with zero attached hydrogens (tertiary/aromatic N) is 4. The molecule has 11 heteroatoms. The number of alkyl halides is 2. The number of nitrogens with one attached hydrogen (secondary N) is 2. The van der Waals surface area contributed by atoms with Crippen molar-refractivity contribution in [3.63, 3.8) is 0 Å². The van der Waals surface area contributed by atoms with Crippen LogP contribution in [0.4, 0.5) is 14.7 Å². The molecule has 0 bridgehead atoms. The van der Waals surface area contributed by atoms with Crippen LogP contribution in [0.3, 0.4) is 0 Å². The molecule has 1 aliphatic carbocycles. The molecule has 2 N–H and O–H groups in total. The minimum atomic E-state index is -3.38. The Labute approximate surface area is 180 Å². The number of fused-ring (bicyclic) bond motifs is 1. The highest BCUT2D eigenvalue weighted by molar-refractivity contribution is 7.90. The molecular formula is C20H28F2N6O2S. The average molecular weight is 455 g/mol. The average Bonchev–Trinajstić information content (AvgIpc) is 3.54. The Kier molecular flexibility index (Phi) is 5.38. The fourth-order valence-electron chi connectivity index (χ4n) is 4.74. The molecule has 0 spiro atoms. The summed E-state index contributed by atoms with van der Waals surface area (Å²) in [6, 6.07) is 1.07. The number of anilines is 1. The van der Waals surface area contributed by atoms with Gasteiger partial charge in [0.15, 0.2) is 0 Å². The Hall–Kier alpha value is -1.85. The van der Waals surface area contributed by atoms with Crippen molar-refractivity contribution in [2.45, 2.75) is 62.3 Å². The van der Waals surface area contributed by atoms with Gasteiger partial charge in [0.2, 0.25) is 16.0 Å². The number of rotatable bonds is 5. The van der Waals surface area contributed by atoms with Crippen LogP contribution in [0.1, 0.15) is 37.4 Å². The van der Waals surface area contributed by atoms with E-state index >= 15 is 0 Å². The number of sulfonamides is 1. The van der Waals surface area contributed by atoms with E-state index in [4.69, 9.17) is 0 Å². The van der Waals surface area contributed by atoms with Crippen LogP contribution in [0.5, 0.6) is 0 Å². The zero-order chi connectivity index (χ0) is 21.8. The molecule has 2 aromatic heterocycles. The van der Waals surface area contributed by atoms with Gasteiger partial charge in [0.25, 0.3) is 0 Å². The smallest absolute Gasteiger partial charge is 0.224 e. The SMILES string of the molecule is Cc1cc2cnc(N[C@H]3CCN(S(=O)(=O)C4CC4)C[C@@H]3F)nc2n1[C@@H]1CCNC[C@@H]1F. The maximum Gasteiger partial charge on any atom is 0.224 e. The lowest BCUT2D eigenvalue weighted by Crippen LogP contribution is -2.50. The second-order valence-electron chi connectivity index (χ2n) is 8.86. The molecule has 0 radical (unpaired) electrons. The van der Waals surface area contributed by atoms with Crippen LogP contribution >= 0.6 is 0 Å². The van der Waals surface area contributed by atoms with E-state index in [1.807, 2.05) is 17.6 Å². The Morgan fingerprint density at radius 2 is 2.00 bits per heavy atom. The normalized spacial score (nSPS) is 30.5. The number of hydrogen-bond acceptors (Lipinski definition) is 6. The number of hydrogen-bond donors (Lipinski definition) is 2. The standard InChI is InChI=1S/C20H28F2N6O2S/c1-12-8-13-9-24-20(26-19(13)28(12)18-4-6-23-10-15(18)21)25-17-5-7-27(11-16(17)22)31(29,30)14-2-3-14/h8-9,14-18,23H,2-7,10-11H2,1H3,(H,24,25,26)/t15-,16-,17-,18+/m0/s1. The zero-order valence-corrected chi connectivity index (χ0v) is 18.3. The van der Waals surface area contributed by atoms with Crippen LogP contribution in [0, 0.1) is 6.92 Å². The maximum atomic E-state index is 14.9. The molecule has 4 heterocycles. The van der Waals surface area contributed by atoms with Gasteiger partial charge >= 0.3 is 0 Å². The second-order valence-corrected chi connectivity index (χ2v) is 11.1. The summed E-state index contributed by atoms with van der Waals surface area (Å²) in [6.45, 7) is 3.12. The minimum Gasteiger partial charge on any atom is -0.348 e. The summed E-state index contributed by atoms with van der Waals surface area (Å²) in [5.74, 6) is 0.280. The summed E-state index contributed by atoms with van der Waals surface area (Å²) in [4.78, 5) is 8.92. The second kappa shape index (κ2) is 7.93. The molecule has 2 saturated heterocycles. The van der Waals surface area contributed by atoms with E-state index in [0.717, 1.165) is 17.6 Å². The van der Waals surface area contributed by atoms with Crippen molar-refractivity contribution in [3.8, 4) is 0 Å². The van der Waals surface area contributed by atoms with Crippen molar-refractivity contribution >= 4 is 27.0 Å². The van der Waals surface area contributed by atoms with Crippen LogP contribution in [0.25, 0.3) is 11.0 Å². The zero-order valence-electron chi connectivity index (χ0n) is 17.5. The molecule has 2 aromatic rings. The minimum absolute atomic E-state index is 0.146. The first-order valence-corrected chi connectivity index (χ1v) is 12.4. The van der Waals surface area contributed by atoms with Gasteiger partial charge in [-0.1, -0.05) is 0 Å². The largest absolute Gasteiger partial charge is 0.348 e. The molecule has 0 aromatic carbocycles. The Morgan fingerprint density at radius 3 is 2.71 bits per heavy atom. The number of aryl methyl sites for hydroxylation is 1. The van der Waals surface area contributed by atoms with Gasteiger partial charge in [0.1, 0.15) is 18.0 Å². The van der Waals surface area contributed by atoms with Gasteiger partial charge in [-0.05, 0) is 45.2 Å². The molecule has 170 valence electrons. The lowest BCUT2D eigenvalue weighted by molar-refractivity contribution is 0.184. The van der Waals surface area contributed by atoms with E-state index in [9.17, 15) is 17.2 Å². The highest BCUT2D eigenvalue weighted by Crippen LogP contribution is 2.33. The molecule has 3 fully saturated rings. The van der Waals surface area contributed by atoms with Crippen molar-refractivity contribution in [2.24, 2.45) is 0 Å². The van der Waals surface area contributed by atoms with Crippen molar-refractivity contribution < 1.29 is 17.2 Å².